The number of nitrogens with zero attached hydrogens (tertiary/aromatic N) is 3. The van der Waals surface area contributed by atoms with Crippen LogP contribution >= 0.6 is 0 Å². The largest absolute Gasteiger partial charge is 0.353 e. The first-order valence-electron chi connectivity index (χ1n) is 9.77. The highest BCUT2D eigenvalue weighted by Crippen LogP contribution is 2.23. The average molecular weight is 390 g/mol. The minimum absolute atomic E-state index is 0.0344. The molecule has 29 heavy (non-hydrogen) atoms. The van der Waals surface area contributed by atoms with Crippen LogP contribution in [0.25, 0.3) is 11.3 Å². The van der Waals surface area contributed by atoms with E-state index in [0.29, 0.717) is 24.2 Å². The van der Waals surface area contributed by atoms with E-state index in [1.54, 1.807) is 24.3 Å². The minimum Gasteiger partial charge on any atom is -0.353 e. The molecule has 148 valence electrons. The van der Waals surface area contributed by atoms with Crippen molar-refractivity contribution in [1.82, 2.24) is 15.5 Å². The molecule has 0 aliphatic carbocycles. The van der Waals surface area contributed by atoms with Crippen LogP contribution in [0.1, 0.15) is 17.5 Å². The normalized spacial score (nSPS) is 16.1. The Morgan fingerprint density at radius 3 is 2.66 bits per heavy atom. The molecule has 2 aromatic carbocycles. The van der Waals surface area contributed by atoms with Crippen molar-refractivity contribution in [1.29, 1.82) is 0 Å². The van der Waals surface area contributed by atoms with E-state index in [2.05, 4.69) is 20.4 Å². The second-order valence-electron chi connectivity index (χ2n) is 7.36. The third kappa shape index (κ3) is 4.42. The summed E-state index contributed by atoms with van der Waals surface area (Å²) < 4.78 is 13.9. The van der Waals surface area contributed by atoms with E-state index in [9.17, 15) is 9.18 Å². The third-order valence-corrected chi connectivity index (χ3v) is 5.29. The molecule has 0 radical (unpaired) electrons. The minimum atomic E-state index is -0.313. The van der Waals surface area contributed by atoms with E-state index in [1.165, 1.54) is 6.07 Å². The first kappa shape index (κ1) is 19.1. The van der Waals surface area contributed by atoms with Crippen molar-refractivity contribution in [2.75, 3.05) is 18.0 Å². The number of benzene rings is 2. The standard InChI is InChI=1S/C23H23FN4O/c1-16-6-2-3-7-17(16)14-23(29)25-18-12-13-28(15-18)22-11-10-21(26-27-22)19-8-4-5-9-20(19)24/h2-11,18H,12-15H2,1H3,(H,25,29). The van der Waals surface area contributed by atoms with Crippen molar-refractivity contribution in [3.05, 3.63) is 77.6 Å². The lowest BCUT2D eigenvalue weighted by molar-refractivity contribution is -0.121. The van der Waals surface area contributed by atoms with E-state index >= 15 is 0 Å². The molecule has 2 heterocycles. The van der Waals surface area contributed by atoms with Gasteiger partial charge in [-0.05, 0) is 48.7 Å². The SMILES string of the molecule is Cc1ccccc1CC(=O)NC1CCN(c2ccc(-c3ccccc3F)nn2)C1. The van der Waals surface area contributed by atoms with E-state index in [4.69, 9.17) is 0 Å². The van der Waals surface area contributed by atoms with Crippen LogP contribution in [0.2, 0.25) is 0 Å². The summed E-state index contributed by atoms with van der Waals surface area (Å²) >= 11 is 0. The second-order valence-corrected chi connectivity index (χ2v) is 7.36. The van der Waals surface area contributed by atoms with Crippen LogP contribution in [0.4, 0.5) is 10.2 Å². The summed E-state index contributed by atoms with van der Waals surface area (Å²) in [5, 5.41) is 11.6. The third-order valence-electron chi connectivity index (χ3n) is 5.29. The maximum absolute atomic E-state index is 13.9. The summed E-state index contributed by atoms with van der Waals surface area (Å²) in [4.78, 5) is 14.5. The first-order valence-corrected chi connectivity index (χ1v) is 9.77. The Kier molecular flexibility index (Phi) is 5.51. The zero-order chi connectivity index (χ0) is 20.2. The van der Waals surface area contributed by atoms with Crippen LogP contribution in [0, 0.1) is 12.7 Å². The van der Waals surface area contributed by atoms with Gasteiger partial charge in [0, 0.05) is 24.7 Å². The van der Waals surface area contributed by atoms with Gasteiger partial charge in [0.25, 0.3) is 0 Å². The first-order chi connectivity index (χ1) is 14.1. The van der Waals surface area contributed by atoms with Crippen molar-refractivity contribution in [3.63, 3.8) is 0 Å². The summed E-state index contributed by atoms with van der Waals surface area (Å²) in [6.45, 7) is 3.50. The predicted molar refractivity (Wildman–Crippen MR) is 111 cm³/mol. The molecule has 1 aliphatic heterocycles. The van der Waals surface area contributed by atoms with Crippen molar-refractivity contribution < 1.29 is 9.18 Å². The number of carbonyl (C=O) groups excluding carboxylic acids is 1. The van der Waals surface area contributed by atoms with Gasteiger partial charge in [0.05, 0.1) is 12.1 Å². The van der Waals surface area contributed by atoms with Gasteiger partial charge in [0.2, 0.25) is 5.91 Å². The van der Waals surface area contributed by atoms with Crippen LogP contribution in [0.15, 0.2) is 60.7 Å². The van der Waals surface area contributed by atoms with Gasteiger partial charge in [-0.25, -0.2) is 4.39 Å². The molecule has 1 N–H and O–H groups in total. The Morgan fingerprint density at radius 1 is 1.10 bits per heavy atom. The Morgan fingerprint density at radius 2 is 1.90 bits per heavy atom. The molecule has 5 nitrogen and oxygen atoms in total. The lowest BCUT2D eigenvalue weighted by Crippen LogP contribution is -2.38. The molecule has 0 spiro atoms. The summed E-state index contributed by atoms with van der Waals surface area (Å²) in [5.41, 5.74) is 3.12. The van der Waals surface area contributed by atoms with Crippen molar-refractivity contribution >= 4 is 11.7 Å². The van der Waals surface area contributed by atoms with Crippen LogP contribution in [0.3, 0.4) is 0 Å². The van der Waals surface area contributed by atoms with E-state index in [1.807, 2.05) is 37.3 Å². The molecule has 0 saturated carbocycles. The summed E-state index contributed by atoms with van der Waals surface area (Å²) in [6, 6.07) is 18.2. The highest BCUT2D eigenvalue weighted by atomic mass is 19.1. The number of rotatable bonds is 5. The van der Waals surface area contributed by atoms with Gasteiger partial charge in [0.15, 0.2) is 5.82 Å². The molecule has 6 heteroatoms. The number of anilines is 1. The van der Waals surface area contributed by atoms with Gasteiger partial charge in [-0.1, -0.05) is 36.4 Å². The molecule has 1 fully saturated rings. The van der Waals surface area contributed by atoms with Crippen LogP contribution in [-0.2, 0) is 11.2 Å². The molecule has 4 rings (SSSR count). The van der Waals surface area contributed by atoms with Gasteiger partial charge < -0.3 is 10.2 Å². The van der Waals surface area contributed by atoms with Gasteiger partial charge in [-0.15, -0.1) is 10.2 Å². The number of aromatic nitrogens is 2. The van der Waals surface area contributed by atoms with Crippen LogP contribution in [-0.4, -0.2) is 35.2 Å². The van der Waals surface area contributed by atoms with Crippen LogP contribution < -0.4 is 10.2 Å². The Bertz CT molecular complexity index is 1010. The van der Waals surface area contributed by atoms with Crippen molar-refractivity contribution in [2.24, 2.45) is 0 Å². The maximum atomic E-state index is 13.9. The molecule has 3 aromatic rings. The van der Waals surface area contributed by atoms with Crippen molar-refractivity contribution in [3.8, 4) is 11.3 Å². The monoisotopic (exact) mass is 390 g/mol. The number of carbonyl (C=O) groups is 1. The van der Waals surface area contributed by atoms with Gasteiger partial charge >= 0.3 is 0 Å². The number of hydrogen-bond acceptors (Lipinski definition) is 4. The van der Waals surface area contributed by atoms with Gasteiger partial charge in [-0.2, -0.15) is 0 Å². The molecular weight excluding hydrogens is 367 g/mol. The lowest BCUT2D eigenvalue weighted by Gasteiger charge is -2.18. The van der Waals surface area contributed by atoms with Gasteiger partial charge in [0.1, 0.15) is 5.82 Å². The topological polar surface area (TPSA) is 58.1 Å². The Balaban J connectivity index is 1.35. The zero-order valence-electron chi connectivity index (χ0n) is 16.3. The van der Waals surface area contributed by atoms with Gasteiger partial charge in [-0.3, -0.25) is 4.79 Å². The quantitative estimate of drug-likeness (QED) is 0.724. The molecule has 1 amide bonds. The number of hydrogen-bond donors (Lipinski definition) is 1. The highest BCUT2D eigenvalue weighted by Gasteiger charge is 2.25. The fraction of sp³-hybridized carbons (Fsp3) is 0.261. The number of aryl methyl sites for hydroxylation is 1. The highest BCUT2D eigenvalue weighted by molar-refractivity contribution is 5.79. The Hall–Kier alpha value is -3.28. The number of amides is 1. The summed E-state index contributed by atoms with van der Waals surface area (Å²) in [5.74, 6) is 0.458. The second kappa shape index (κ2) is 8.39. The Labute approximate surface area is 169 Å². The molecule has 0 bridgehead atoms. The smallest absolute Gasteiger partial charge is 0.224 e. The summed E-state index contributed by atoms with van der Waals surface area (Å²) in [6.07, 6.45) is 1.25. The molecular formula is C23H23FN4O. The van der Waals surface area contributed by atoms with E-state index < -0.39 is 0 Å². The average Bonchev–Trinajstić information content (AvgIpc) is 3.19. The fourth-order valence-corrected chi connectivity index (χ4v) is 3.65. The van der Waals surface area contributed by atoms with Crippen molar-refractivity contribution in [2.45, 2.75) is 25.8 Å². The molecule has 1 aliphatic rings. The van der Waals surface area contributed by atoms with Crippen LogP contribution in [0.5, 0.6) is 0 Å². The summed E-state index contributed by atoms with van der Waals surface area (Å²) in [7, 11) is 0. The molecule has 1 atom stereocenters. The van der Waals surface area contributed by atoms with E-state index in [0.717, 1.165) is 29.9 Å². The fourth-order valence-electron chi connectivity index (χ4n) is 3.65. The molecule has 1 saturated heterocycles. The number of nitrogens with one attached hydrogen (secondary N) is 1. The number of halogens is 1. The predicted octanol–water partition coefficient (Wildman–Crippen LogP) is 3.53. The van der Waals surface area contributed by atoms with E-state index in [-0.39, 0.29) is 17.8 Å². The lowest BCUT2D eigenvalue weighted by atomic mass is 10.1. The molecule has 1 unspecified atom stereocenters. The maximum Gasteiger partial charge on any atom is 0.224 e. The molecule has 1 aromatic heterocycles. The zero-order valence-corrected chi connectivity index (χ0v) is 16.3.